The molecule has 2 heterocycles. The molecule has 0 aliphatic heterocycles. The number of ether oxygens (including phenoxy) is 1. The second-order valence-electron chi connectivity index (χ2n) is 3.61. The van der Waals surface area contributed by atoms with Gasteiger partial charge in [-0.15, -0.1) is 11.3 Å². The van der Waals surface area contributed by atoms with Crippen molar-refractivity contribution in [1.82, 2.24) is 4.98 Å². The molecule has 0 bridgehead atoms. The molecule has 15 heavy (non-hydrogen) atoms. The number of hydrogen-bond donors (Lipinski definition) is 1. The summed E-state index contributed by atoms with van der Waals surface area (Å²) in [4.78, 5) is 6.62. The van der Waals surface area contributed by atoms with E-state index >= 15 is 0 Å². The lowest BCUT2D eigenvalue weighted by Gasteiger charge is -2.04. The number of rotatable bonds is 2. The molecule has 2 aromatic rings. The molecular weight excluding hydrogens is 208 g/mol. The number of fused-ring (bicyclic) bond motifs is 1. The lowest BCUT2D eigenvalue weighted by Crippen LogP contribution is -1.94. The Hall–Kier alpha value is -1.13. The predicted octanol–water partition coefficient (Wildman–Crippen LogP) is 2.64. The van der Waals surface area contributed by atoms with E-state index in [1.54, 1.807) is 18.4 Å². The average molecular weight is 222 g/mol. The normalized spacial score (nSPS) is 11.1. The van der Waals surface area contributed by atoms with Crippen molar-refractivity contribution in [3.8, 4) is 0 Å². The smallest absolute Gasteiger partial charge is 0.126 e. The van der Waals surface area contributed by atoms with Crippen LogP contribution < -0.4 is 5.73 Å². The fraction of sp³-hybridized carbons (Fsp3) is 0.364. The zero-order valence-corrected chi connectivity index (χ0v) is 9.94. The highest BCUT2D eigenvalue weighted by atomic mass is 32.1. The summed E-state index contributed by atoms with van der Waals surface area (Å²) in [5.74, 6) is 0. The molecule has 0 radical (unpaired) electrons. The minimum Gasteiger partial charge on any atom is -0.397 e. The molecular formula is C11H14N2OS. The number of anilines is 1. The zero-order chi connectivity index (χ0) is 11.0. The van der Waals surface area contributed by atoms with Gasteiger partial charge >= 0.3 is 0 Å². The predicted molar refractivity (Wildman–Crippen MR) is 64.2 cm³/mol. The fourth-order valence-electron chi connectivity index (χ4n) is 1.72. The maximum Gasteiger partial charge on any atom is 0.126 e. The summed E-state index contributed by atoms with van der Waals surface area (Å²) in [6.07, 6.45) is 0. The number of methoxy groups -OCH3 is 1. The maximum atomic E-state index is 6.03. The summed E-state index contributed by atoms with van der Waals surface area (Å²) in [6.45, 7) is 4.59. The van der Waals surface area contributed by atoms with Gasteiger partial charge in [0, 0.05) is 23.1 Å². The molecule has 0 aliphatic carbocycles. The molecule has 2 N–H and O–H groups in total. The first-order valence-electron chi connectivity index (χ1n) is 4.77. The highest BCUT2D eigenvalue weighted by molar-refractivity contribution is 7.19. The SMILES string of the molecule is COCc1cc(C)nc2sc(C)c(N)c12. The third-order valence-corrected chi connectivity index (χ3v) is 3.41. The van der Waals surface area contributed by atoms with Crippen molar-refractivity contribution in [2.45, 2.75) is 20.5 Å². The van der Waals surface area contributed by atoms with E-state index in [0.29, 0.717) is 6.61 Å². The van der Waals surface area contributed by atoms with Crippen molar-refractivity contribution >= 4 is 27.2 Å². The van der Waals surface area contributed by atoms with Crippen LogP contribution in [0.25, 0.3) is 10.2 Å². The number of nitrogens with zero attached hydrogens (tertiary/aromatic N) is 1. The number of hydrogen-bond acceptors (Lipinski definition) is 4. The summed E-state index contributed by atoms with van der Waals surface area (Å²) < 4.78 is 5.18. The van der Waals surface area contributed by atoms with Crippen molar-refractivity contribution in [1.29, 1.82) is 0 Å². The Morgan fingerprint density at radius 3 is 2.87 bits per heavy atom. The molecule has 0 saturated heterocycles. The number of aryl methyl sites for hydroxylation is 2. The molecule has 2 aromatic heterocycles. The van der Waals surface area contributed by atoms with Crippen LogP contribution in [-0.4, -0.2) is 12.1 Å². The Kier molecular flexibility index (Phi) is 2.63. The highest BCUT2D eigenvalue weighted by Crippen LogP contribution is 2.34. The van der Waals surface area contributed by atoms with Crippen LogP contribution >= 0.6 is 11.3 Å². The zero-order valence-electron chi connectivity index (χ0n) is 9.13. The monoisotopic (exact) mass is 222 g/mol. The summed E-state index contributed by atoms with van der Waals surface area (Å²) >= 11 is 1.64. The van der Waals surface area contributed by atoms with Gasteiger partial charge in [-0.25, -0.2) is 4.98 Å². The highest BCUT2D eigenvalue weighted by Gasteiger charge is 2.12. The minimum atomic E-state index is 0.584. The van der Waals surface area contributed by atoms with Gasteiger partial charge in [0.25, 0.3) is 0 Å². The van der Waals surface area contributed by atoms with E-state index in [9.17, 15) is 0 Å². The molecule has 0 aliphatic rings. The van der Waals surface area contributed by atoms with E-state index in [1.807, 2.05) is 19.9 Å². The molecule has 0 saturated carbocycles. The molecule has 0 atom stereocenters. The van der Waals surface area contributed by atoms with Crippen LogP contribution in [0.1, 0.15) is 16.1 Å². The Bertz CT molecular complexity index is 505. The summed E-state index contributed by atoms with van der Waals surface area (Å²) in [6, 6.07) is 2.04. The van der Waals surface area contributed by atoms with E-state index in [-0.39, 0.29) is 0 Å². The number of aromatic nitrogens is 1. The van der Waals surface area contributed by atoms with E-state index in [1.165, 1.54) is 0 Å². The third-order valence-electron chi connectivity index (χ3n) is 2.39. The molecule has 0 amide bonds. The van der Waals surface area contributed by atoms with Crippen molar-refractivity contribution in [3.05, 3.63) is 22.2 Å². The van der Waals surface area contributed by atoms with E-state index in [2.05, 4.69) is 4.98 Å². The van der Waals surface area contributed by atoms with Gasteiger partial charge in [-0.05, 0) is 25.5 Å². The molecule has 0 unspecified atom stereocenters. The number of pyridine rings is 1. The van der Waals surface area contributed by atoms with E-state index in [4.69, 9.17) is 10.5 Å². The Balaban J connectivity index is 2.75. The van der Waals surface area contributed by atoms with Crippen molar-refractivity contribution in [2.24, 2.45) is 0 Å². The minimum absolute atomic E-state index is 0.584. The van der Waals surface area contributed by atoms with Gasteiger partial charge in [-0.3, -0.25) is 0 Å². The molecule has 80 valence electrons. The standard InChI is InChI=1S/C11H14N2OS/c1-6-4-8(5-14-3)9-10(12)7(2)15-11(9)13-6/h4H,5,12H2,1-3H3. The Morgan fingerprint density at radius 2 is 2.20 bits per heavy atom. The largest absolute Gasteiger partial charge is 0.397 e. The summed E-state index contributed by atoms with van der Waals surface area (Å²) in [5, 5.41) is 1.06. The van der Waals surface area contributed by atoms with Gasteiger partial charge in [0.15, 0.2) is 0 Å². The fourth-order valence-corrected chi connectivity index (χ4v) is 2.75. The van der Waals surface area contributed by atoms with Gasteiger partial charge in [0.1, 0.15) is 4.83 Å². The lowest BCUT2D eigenvalue weighted by atomic mass is 10.1. The molecule has 3 nitrogen and oxygen atoms in total. The van der Waals surface area contributed by atoms with E-state index < -0.39 is 0 Å². The average Bonchev–Trinajstić information content (AvgIpc) is 2.42. The van der Waals surface area contributed by atoms with Gasteiger partial charge in [-0.1, -0.05) is 0 Å². The number of thiophene rings is 1. The van der Waals surface area contributed by atoms with Crippen LogP contribution in [0.4, 0.5) is 5.69 Å². The van der Waals surface area contributed by atoms with E-state index in [0.717, 1.165) is 32.0 Å². The Labute approximate surface area is 92.9 Å². The lowest BCUT2D eigenvalue weighted by molar-refractivity contribution is 0.186. The second kappa shape index (κ2) is 3.79. The van der Waals surface area contributed by atoms with Crippen LogP contribution in [0.3, 0.4) is 0 Å². The molecule has 0 spiro atoms. The van der Waals surface area contributed by atoms with Crippen LogP contribution in [-0.2, 0) is 11.3 Å². The van der Waals surface area contributed by atoms with Gasteiger partial charge in [0.05, 0.1) is 12.3 Å². The first-order valence-corrected chi connectivity index (χ1v) is 5.59. The Morgan fingerprint density at radius 1 is 1.47 bits per heavy atom. The van der Waals surface area contributed by atoms with Crippen molar-refractivity contribution in [2.75, 3.05) is 12.8 Å². The summed E-state index contributed by atoms with van der Waals surface area (Å²) in [7, 11) is 1.69. The van der Waals surface area contributed by atoms with Crippen LogP contribution in [0.15, 0.2) is 6.07 Å². The van der Waals surface area contributed by atoms with Crippen molar-refractivity contribution < 1.29 is 4.74 Å². The van der Waals surface area contributed by atoms with Gasteiger partial charge in [0.2, 0.25) is 0 Å². The number of nitrogen functional groups attached to an aromatic ring is 1. The molecule has 0 aromatic carbocycles. The maximum absolute atomic E-state index is 6.03. The van der Waals surface area contributed by atoms with Crippen LogP contribution in [0.2, 0.25) is 0 Å². The van der Waals surface area contributed by atoms with Gasteiger partial charge < -0.3 is 10.5 Å². The number of nitrogens with two attached hydrogens (primary N) is 1. The van der Waals surface area contributed by atoms with Crippen LogP contribution in [0.5, 0.6) is 0 Å². The molecule has 0 fully saturated rings. The third kappa shape index (κ3) is 1.70. The first kappa shape index (κ1) is 10.4. The molecule has 2 rings (SSSR count). The second-order valence-corrected chi connectivity index (χ2v) is 4.81. The van der Waals surface area contributed by atoms with Crippen LogP contribution in [0, 0.1) is 13.8 Å². The molecule has 4 heteroatoms. The topological polar surface area (TPSA) is 48.1 Å². The summed E-state index contributed by atoms with van der Waals surface area (Å²) in [5.41, 5.74) is 9.01. The van der Waals surface area contributed by atoms with Crippen molar-refractivity contribution in [3.63, 3.8) is 0 Å². The van der Waals surface area contributed by atoms with Gasteiger partial charge in [-0.2, -0.15) is 0 Å². The quantitative estimate of drug-likeness (QED) is 0.849. The first-order chi connectivity index (χ1) is 7.13.